The summed E-state index contributed by atoms with van der Waals surface area (Å²) in [6, 6.07) is -0.0678. The third-order valence-corrected chi connectivity index (χ3v) is 2.22. The van der Waals surface area contributed by atoms with Crippen LogP contribution in [0.2, 0.25) is 0 Å². The van der Waals surface area contributed by atoms with Gasteiger partial charge in [0.15, 0.2) is 0 Å². The van der Waals surface area contributed by atoms with Crippen molar-refractivity contribution in [3.8, 4) is 0 Å². The Morgan fingerprint density at radius 3 is 1.90 bits per heavy atom. The normalized spacial score (nSPS) is 51.8. The third-order valence-electron chi connectivity index (χ3n) is 2.22. The average Bonchev–Trinajstić information content (AvgIpc) is 2.28. The van der Waals surface area contributed by atoms with Crippen molar-refractivity contribution in [1.29, 1.82) is 0 Å². The summed E-state index contributed by atoms with van der Waals surface area (Å²) in [4.78, 5) is 0. The minimum atomic E-state index is -0.475. The molecule has 0 spiro atoms. The maximum Gasteiger partial charge on any atom is 0.0989 e. The second-order valence-corrected chi connectivity index (χ2v) is 2.97. The Kier molecular flexibility index (Phi) is 1.25. The Balaban J connectivity index is 2.17. The summed E-state index contributed by atoms with van der Waals surface area (Å²) in [5.41, 5.74) is 0. The minimum Gasteiger partial charge on any atom is -0.391 e. The van der Waals surface area contributed by atoms with E-state index in [4.69, 9.17) is 0 Å². The van der Waals surface area contributed by atoms with E-state index in [-0.39, 0.29) is 12.1 Å². The second-order valence-electron chi connectivity index (χ2n) is 2.97. The van der Waals surface area contributed by atoms with Crippen molar-refractivity contribution in [2.75, 3.05) is 0 Å². The topological polar surface area (TPSA) is 65.2 Å². The Hall–Kier alpha value is -0.480. The van der Waals surface area contributed by atoms with Crippen LogP contribution in [0.5, 0.6) is 0 Å². The summed E-state index contributed by atoms with van der Waals surface area (Å²) < 4.78 is 0. The predicted molar refractivity (Wildman–Crippen MR) is 33.7 cm³/mol. The fraction of sp³-hybridized carbons (Fsp3) is 1.00. The molecule has 1 fully saturated rings. The van der Waals surface area contributed by atoms with Gasteiger partial charge >= 0.3 is 0 Å². The van der Waals surface area contributed by atoms with E-state index in [0.717, 1.165) is 6.42 Å². The molecule has 0 aromatic carbocycles. The second kappa shape index (κ2) is 2.00. The lowest BCUT2D eigenvalue weighted by atomic mass is 9.89. The van der Waals surface area contributed by atoms with Crippen LogP contribution in [0.15, 0.2) is 10.2 Å². The van der Waals surface area contributed by atoms with Gasteiger partial charge in [-0.25, -0.2) is 0 Å². The number of hydrogen-bond acceptors (Lipinski definition) is 4. The molecule has 1 aliphatic heterocycles. The zero-order chi connectivity index (χ0) is 7.14. The molecule has 4 atom stereocenters. The smallest absolute Gasteiger partial charge is 0.0989 e. The van der Waals surface area contributed by atoms with Gasteiger partial charge in [0.2, 0.25) is 0 Å². The van der Waals surface area contributed by atoms with Gasteiger partial charge in [-0.1, -0.05) is 0 Å². The number of hydrogen-bond donors (Lipinski definition) is 2. The van der Waals surface area contributed by atoms with Gasteiger partial charge in [-0.3, -0.25) is 0 Å². The number of rotatable bonds is 0. The fourth-order valence-electron chi connectivity index (χ4n) is 1.54. The van der Waals surface area contributed by atoms with E-state index in [0.29, 0.717) is 6.42 Å². The lowest BCUT2D eigenvalue weighted by Crippen LogP contribution is -2.39. The molecule has 0 radical (unpaired) electrons. The predicted octanol–water partition coefficient (Wildman–Crippen LogP) is -0.295. The van der Waals surface area contributed by atoms with E-state index < -0.39 is 12.2 Å². The monoisotopic (exact) mass is 142 g/mol. The molecule has 0 saturated heterocycles. The van der Waals surface area contributed by atoms with Gasteiger partial charge in [0.1, 0.15) is 0 Å². The number of nitrogens with zero attached hydrogens (tertiary/aromatic N) is 2. The van der Waals surface area contributed by atoms with Crippen molar-refractivity contribution in [2.24, 2.45) is 10.2 Å². The number of fused-ring (bicyclic) bond motifs is 2. The summed E-state index contributed by atoms with van der Waals surface area (Å²) in [7, 11) is 0. The lowest BCUT2D eigenvalue weighted by molar-refractivity contribution is 0.0300. The first-order valence-corrected chi connectivity index (χ1v) is 3.53. The van der Waals surface area contributed by atoms with Gasteiger partial charge < -0.3 is 10.2 Å². The van der Waals surface area contributed by atoms with Crippen molar-refractivity contribution in [3.05, 3.63) is 0 Å². The van der Waals surface area contributed by atoms with E-state index in [2.05, 4.69) is 10.2 Å². The molecule has 0 amide bonds. The van der Waals surface area contributed by atoms with Crippen LogP contribution in [0.1, 0.15) is 12.8 Å². The number of aliphatic hydroxyl groups is 2. The van der Waals surface area contributed by atoms with Gasteiger partial charge in [0.05, 0.1) is 24.3 Å². The number of aliphatic hydroxyl groups excluding tert-OH is 2. The Morgan fingerprint density at radius 2 is 1.40 bits per heavy atom. The molecule has 2 bridgehead atoms. The van der Waals surface area contributed by atoms with Crippen molar-refractivity contribution in [1.82, 2.24) is 0 Å². The Morgan fingerprint density at radius 1 is 0.900 bits per heavy atom. The molecule has 1 heterocycles. The van der Waals surface area contributed by atoms with Gasteiger partial charge in [-0.2, -0.15) is 10.2 Å². The zero-order valence-corrected chi connectivity index (χ0v) is 5.51. The van der Waals surface area contributed by atoms with Crippen LogP contribution in [0, 0.1) is 0 Å². The number of azo groups is 1. The Bertz CT molecular complexity index is 155. The van der Waals surface area contributed by atoms with Crippen molar-refractivity contribution in [2.45, 2.75) is 37.1 Å². The highest BCUT2D eigenvalue weighted by atomic mass is 16.3. The highest BCUT2D eigenvalue weighted by molar-refractivity contribution is 4.96. The van der Waals surface area contributed by atoms with Crippen LogP contribution in [-0.2, 0) is 0 Å². The molecule has 1 saturated carbocycles. The highest BCUT2D eigenvalue weighted by Crippen LogP contribution is 2.30. The standard InChI is InChI=1S/C6H10N2O2/c9-5-2-6(10)4-1-3(5)7-8-4/h3-6,9-10H,1-2H2. The van der Waals surface area contributed by atoms with Crippen LogP contribution >= 0.6 is 0 Å². The summed E-state index contributed by atoms with van der Waals surface area (Å²) >= 11 is 0. The van der Waals surface area contributed by atoms with Crippen molar-refractivity contribution >= 4 is 0 Å². The van der Waals surface area contributed by atoms with Crippen LogP contribution in [0.4, 0.5) is 0 Å². The van der Waals surface area contributed by atoms with Gasteiger partial charge in [0, 0.05) is 12.8 Å². The summed E-state index contributed by atoms with van der Waals surface area (Å²) in [5, 5.41) is 26.2. The van der Waals surface area contributed by atoms with Crippen LogP contribution in [-0.4, -0.2) is 34.5 Å². The van der Waals surface area contributed by atoms with E-state index in [1.165, 1.54) is 0 Å². The van der Waals surface area contributed by atoms with Crippen LogP contribution < -0.4 is 0 Å². The van der Waals surface area contributed by atoms with Crippen LogP contribution in [0.3, 0.4) is 0 Å². The molecule has 56 valence electrons. The SMILES string of the molecule is OC1CC(O)C2CC1N=N2. The maximum absolute atomic E-state index is 9.25. The van der Waals surface area contributed by atoms with Gasteiger partial charge in [0.25, 0.3) is 0 Å². The zero-order valence-electron chi connectivity index (χ0n) is 5.51. The molecule has 2 rings (SSSR count). The summed E-state index contributed by atoms with van der Waals surface area (Å²) in [6.07, 6.45) is 0.208. The molecule has 0 aromatic rings. The molecule has 2 N–H and O–H groups in total. The molecule has 1 aliphatic carbocycles. The first-order valence-electron chi connectivity index (χ1n) is 3.53. The van der Waals surface area contributed by atoms with Crippen molar-refractivity contribution in [3.63, 3.8) is 0 Å². The summed E-state index contributed by atoms with van der Waals surface area (Å²) in [5.74, 6) is 0. The van der Waals surface area contributed by atoms with E-state index in [1.54, 1.807) is 0 Å². The molecular formula is C6H10N2O2. The maximum atomic E-state index is 9.25. The van der Waals surface area contributed by atoms with E-state index in [9.17, 15) is 10.2 Å². The fourth-order valence-corrected chi connectivity index (χ4v) is 1.54. The van der Waals surface area contributed by atoms with Gasteiger partial charge in [-0.15, -0.1) is 0 Å². The first-order chi connectivity index (χ1) is 4.77. The highest BCUT2D eigenvalue weighted by Gasteiger charge is 2.39. The molecule has 4 nitrogen and oxygen atoms in total. The Labute approximate surface area is 58.6 Å². The largest absolute Gasteiger partial charge is 0.391 e. The molecule has 4 unspecified atom stereocenters. The molecular weight excluding hydrogens is 132 g/mol. The lowest BCUT2D eigenvalue weighted by Gasteiger charge is -2.25. The third kappa shape index (κ3) is 0.759. The average molecular weight is 142 g/mol. The van der Waals surface area contributed by atoms with Crippen LogP contribution in [0.25, 0.3) is 0 Å². The quantitative estimate of drug-likeness (QED) is 0.488. The molecule has 2 aliphatic rings. The van der Waals surface area contributed by atoms with E-state index in [1.807, 2.05) is 0 Å². The van der Waals surface area contributed by atoms with Crippen molar-refractivity contribution < 1.29 is 10.2 Å². The summed E-state index contributed by atoms with van der Waals surface area (Å²) in [6.45, 7) is 0. The van der Waals surface area contributed by atoms with E-state index >= 15 is 0 Å². The molecule has 4 heteroatoms. The van der Waals surface area contributed by atoms with Gasteiger partial charge in [-0.05, 0) is 0 Å². The molecule has 0 aromatic heterocycles. The minimum absolute atomic E-state index is 0.0339. The first kappa shape index (κ1) is 6.24. The molecule has 10 heavy (non-hydrogen) atoms.